The van der Waals surface area contributed by atoms with Crippen LogP contribution in [0.1, 0.15) is 11.1 Å². The molecule has 3 nitrogen and oxygen atoms in total. The molecule has 2 heterocycles. The summed E-state index contributed by atoms with van der Waals surface area (Å²) in [5.74, 6) is -1.64. The van der Waals surface area contributed by atoms with Crippen LogP contribution in [0.15, 0.2) is 88.3 Å². The van der Waals surface area contributed by atoms with E-state index in [2.05, 4.69) is 0 Å². The van der Waals surface area contributed by atoms with Gasteiger partial charge in [0.15, 0.2) is 5.76 Å². The number of halogens is 6. The van der Waals surface area contributed by atoms with E-state index in [9.17, 15) is 26.7 Å². The van der Waals surface area contributed by atoms with Crippen molar-refractivity contribution in [1.29, 1.82) is 0 Å². The molecule has 0 bridgehead atoms. The van der Waals surface area contributed by atoms with Crippen molar-refractivity contribution in [1.82, 2.24) is 4.57 Å². The van der Waals surface area contributed by atoms with E-state index >= 15 is 0 Å². The van der Waals surface area contributed by atoms with Gasteiger partial charge in [0.25, 0.3) is 5.56 Å². The highest BCUT2D eigenvalue weighted by Crippen LogP contribution is 2.44. The molecule has 0 aliphatic heterocycles. The number of alkyl halides is 3. The molecular formula is C27H15ClF5NO2. The van der Waals surface area contributed by atoms with Gasteiger partial charge in [-0.3, -0.25) is 9.36 Å². The Balaban J connectivity index is 2.01. The van der Waals surface area contributed by atoms with Gasteiger partial charge in [0, 0.05) is 22.6 Å². The Morgan fingerprint density at radius 1 is 0.889 bits per heavy atom. The van der Waals surface area contributed by atoms with Crippen molar-refractivity contribution in [2.75, 3.05) is 0 Å². The normalized spacial score (nSPS) is 11.8. The van der Waals surface area contributed by atoms with Crippen molar-refractivity contribution >= 4 is 22.4 Å². The van der Waals surface area contributed by atoms with E-state index < -0.39 is 40.9 Å². The molecule has 5 rings (SSSR count). The molecule has 0 saturated heterocycles. The first kappa shape index (κ1) is 23.8. The lowest BCUT2D eigenvalue weighted by Gasteiger charge is -2.22. The summed E-state index contributed by atoms with van der Waals surface area (Å²) in [5.41, 5.74) is -1.58. The number of nitrogens with zero attached hydrogens (tertiary/aromatic N) is 1. The van der Waals surface area contributed by atoms with Crippen LogP contribution in [0, 0.1) is 11.6 Å². The summed E-state index contributed by atoms with van der Waals surface area (Å²) < 4.78 is 77.5. The molecule has 0 N–H and O–H groups in total. The Morgan fingerprint density at radius 2 is 1.64 bits per heavy atom. The molecule has 0 fully saturated rings. The second-order valence-electron chi connectivity index (χ2n) is 8.04. The Bertz CT molecular complexity index is 1640. The molecule has 9 heteroatoms. The van der Waals surface area contributed by atoms with Crippen molar-refractivity contribution in [3.05, 3.63) is 117 Å². The first-order valence-electron chi connectivity index (χ1n) is 10.7. The van der Waals surface area contributed by atoms with Crippen molar-refractivity contribution in [3.63, 3.8) is 0 Å². The third kappa shape index (κ3) is 4.07. The van der Waals surface area contributed by atoms with Gasteiger partial charge in [-0.2, -0.15) is 13.2 Å². The highest BCUT2D eigenvalue weighted by atomic mass is 35.5. The molecule has 182 valence electrons. The van der Waals surface area contributed by atoms with Crippen LogP contribution in [0.4, 0.5) is 22.0 Å². The van der Waals surface area contributed by atoms with Gasteiger partial charge in [-0.05, 0) is 35.9 Å². The van der Waals surface area contributed by atoms with E-state index in [0.717, 1.165) is 22.8 Å². The molecule has 0 unspecified atom stereocenters. The minimum atomic E-state index is -4.81. The summed E-state index contributed by atoms with van der Waals surface area (Å²) in [6, 6.07) is 15.9. The van der Waals surface area contributed by atoms with E-state index in [-0.39, 0.29) is 33.0 Å². The molecule has 0 aliphatic carbocycles. The molecule has 0 atom stereocenters. The lowest BCUT2D eigenvalue weighted by atomic mass is 9.92. The van der Waals surface area contributed by atoms with Gasteiger partial charge in [-0.25, -0.2) is 8.78 Å². The first-order chi connectivity index (χ1) is 17.2. The minimum Gasteiger partial charge on any atom is -0.463 e. The zero-order valence-corrected chi connectivity index (χ0v) is 19.0. The van der Waals surface area contributed by atoms with Crippen LogP contribution < -0.4 is 5.56 Å². The molecule has 0 radical (unpaired) electrons. The van der Waals surface area contributed by atoms with Crippen LogP contribution >= 0.6 is 11.6 Å². The highest BCUT2D eigenvalue weighted by molar-refractivity contribution is 6.36. The van der Waals surface area contributed by atoms with E-state index in [0.29, 0.717) is 11.6 Å². The molecule has 2 aromatic heterocycles. The maximum absolute atomic E-state index is 14.6. The van der Waals surface area contributed by atoms with Gasteiger partial charge in [0.1, 0.15) is 11.6 Å². The van der Waals surface area contributed by atoms with E-state index in [1.165, 1.54) is 24.5 Å². The van der Waals surface area contributed by atoms with Crippen molar-refractivity contribution < 1.29 is 26.4 Å². The van der Waals surface area contributed by atoms with E-state index in [1.807, 2.05) is 0 Å². The molecule has 3 aromatic carbocycles. The van der Waals surface area contributed by atoms with Crippen LogP contribution in [0.3, 0.4) is 0 Å². The Labute approximate surface area is 206 Å². The van der Waals surface area contributed by atoms with Crippen molar-refractivity contribution in [2.45, 2.75) is 12.7 Å². The first-order valence-corrected chi connectivity index (χ1v) is 11.0. The molecule has 0 aliphatic rings. The predicted octanol–water partition coefficient (Wildman–Crippen LogP) is 7.93. The van der Waals surface area contributed by atoms with E-state index in [1.54, 1.807) is 30.3 Å². The fourth-order valence-corrected chi connectivity index (χ4v) is 4.54. The monoisotopic (exact) mass is 515 g/mol. The van der Waals surface area contributed by atoms with Gasteiger partial charge in [-0.1, -0.05) is 48.0 Å². The van der Waals surface area contributed by atoms with Crippen LogP contribution in [0.5, 0.6) is 0 Å². The predicted molar refractivity (Wildman–Crippen MR) is 127 cm³/mol. The topological polar surface area (TPSA) is 35.1 Å². The van der Waals surface area contributed by atoms with Crippen LogP contribution in [0.25, 0.3) is 33.4 Å². The molecule has 0 saturated carbocycles. The lowest BCUT2D eigenvalue weighted by molar-refractivity contribution is -0.136. The van der Waals surface area contributed by atoms with Gasteiger partial charge in [0.05, 0.1) is 34.5 Å². The second kappa shape index (κ2) is 8.95. The van der Waals surface area contributed by atoms with Crippen molar-refractivity contribution in [3.8, 4) is 22.6 Å². The third-order valence-electron chi connectivity index (χ3n) is 5.84. The average Bonchev–Trinajstić information content (AvgIpc) is 3.36. The number of aromatic nitrogens is 1. The van der Waals surface area contributed by atoms with Gasteiger partial charge < -0.3 is 4.42 Å². The number of pyridine rings is 1. The number of rotatable bonds is 4. The van der Waals surface area contributed by atoms with Crippen LogP contribution in [-0.2, 0) is 12.7 Å². The summed E-state index contributed by atoms with van der Waals surface area (Å²) in [5, 5.41) is -0.962. The summed E-state index contributed by atoms with van der Waals surface area (Å²) in [6.45, 7) is -0.413. The SMILES string of the molecule is O=c1c2c(Cl)ccc(C(F)(F)F)c2c(-c2ccccc2)c(-c2ccco2)n1Cc1ccc(F)cc1F. The molecular weight excluding hydrogens is 501 g/mol. The molecule has 0 amide bonds. The zero-order chi connectivity index (χ0) is 25.6. The maximum Gasteiger partial charge on any atom is 0.417 e. The molecule has 5 aromatic rings. The fraction of sp³-hybridized carbons (Fsp3) is 0.0741. The Kier molecular flexibility index (Phi) is 5.92. The standard InChI is InChI=1S/C27H15ClF5NO2/c28-19-11-10-18(27(31,32)33)23-22(15-5-2-1-3-6-15)25(21-7-4-12-36-21)34(26(35)24(19)23)14-16-8-9-17(29)13-20(16)30/h1-13H,14H2. The lowest BCUT2D eigenvalue weighted by Crippen LogP contribution is -2.25. The summed E-state index contributed by atoms with van der Waals surface area (Å²) >= 11 is 6.32. The number of furan rings is 1. The molecule has 36 heavy (non-hydrogen) atoms. The quantitative estimate of drug-likeness (QED) is 0.228. The fourth-order valence-electron chi connectivity index (χ4n) is 4.30. The maximum atomic E-state index is 14.6. The number of benzene rings is 3. The summed E-state index contributed by atoms with van der Waals surface area (Å²) in [6.07, 6.45) is -3.50. The van der Waals surface area contributed by atoms with E-state index in [4.69, 9.17) is 16.0 Å². The van der Waals surface area contributed by atoms with Crippen LogP contribution in [0.2, 0.25) is 5.02 Å². The number of hydrogen-bond acceptors (Lipinski definition) is 2. The van der Waals surface area contributed by atoms with Crippen molar-refractivity contribution in [2.24, 2.45) is 0 Å². The zero-order valence-electron chi connectivity index (χ0n) is 18.2. The minimum absolute atomic E-state index is 0.000177. The highest BCUT2D eigenvalue weighted by Gasteiger charge is 2.36. The van der Waals surface area contributed by atoms with Gasteiger partial charge in [0.2, 0.25) is 0 Å². The largest absolute Gasteiger partial charge is 0.463 e. The van der Waals surface area contributed by atoms with Gasteiger partial charge in [-0.15, -0.1) is 0 Å². The smallest absolute Gasteiger partial charge is 0.417 e. The molecule has 0 spiro atoms. The Hall–Kier alpha value is -3.91. The van der Waals surface area contributed by atoms with Gasteiger partial charge >= 0.3 is 6.18 Å². The summed E-state index contributed by atoms with van der Waals surface area (Å²) in [4.78, 5) is 13.8. The Morgan fingerprint density at radius 3 is 2.28 bits per heavy atom. The number of fused-ring (bicyclic) bond motifs is 1. The second-order valence-corrected chi connectivity index (χ2v) is 8.44. The van der Waals surface area contributed by atoms with Crippen LogP contribution in [-0.4, -0.2) is 4.57 Å². The third-order valence-corrected chi connectivity index (χ3v) is 6.15. The number of hydrogen-bond donors (Lipinski definition) is 0. The average molecular weight is 516 g/mol. The summed E-state index contributed by atoms with van der Waals surface area (Å²) in [7, 11) is 0.